The lowest BCUT2D eigenvalue weighted by Gasteiger charge is -2.14. The van der Waals surface area contributed by atoms with Crippen molar-refractivity contribution in [2.75, 3.05) is 5.32 Å². The fraction of sp³-hybridized carbons (Fsp3) is 0.125. The molecule has 0 spiro atoms. The van der Waals surface area contributed by atoms with Gasteiger partial charge in [-0.05, 0) is 53.8 Å². The third-order valence-corrected chi connectivity index (χ3v) is 4.13. The van der Waals surface area contributed by atoms with E-state index in [-0.39, 0.29) is 16.4 Å². The van der Waals surface area contributed by atoms with Crippen LogP contribution < -0.4 is 5.32 Å². The zero-order valence-corrected chi connectivity index (χ0v) is 15.8. The number of non-ortho nitro benzene ring substituents is 1. The summed E-state index contributed by atoms with van der Waals surface area (Å²) in [6, 6.07) is 10.4. The molecule has 2 aromatic rings. The number of amides is 1. The lowest BCUT2D eigenvalue weighted by Crippen LogP contribution is -2.30. The summed E-state index contributed by atoms with van der Waals surface area (Å²) in [5.74, 6) is -1.30. The van der Waals surface area contributed by atoms with Gasteiger partial charge < -0.3 is 10.1 Å². The monoisotopic (exact) mass is 474 g/mol. The lowest BCUT2D eigenvalue weighted by molar-refractivity contribution is -0.384. The van der Waals surface area contributed by atoms with Gasteiger partial charge >= 0.3 is 5.97 Å². The van der Waals surface area contributed by atoms with E-state index in [2.05, 4.69) is 27.9 Å². The molecule has 0 aliphatic rings. The van der Waals surface area contributed by atoms with E-state index in [4.69, 9.17) is 16.3 Å². The highest BCUT2D eigenvalue weighted by Gasteiger charge is 2.21. The Morgan fingerprint density at radius 2 is 2.00 bits per heavy atom. The van der Waals surface area contributed by atoms with Gasteiger partial charge in [-0.2, -0.15) is 0 Å². The summed E-state index contributed by atoms with van der Waals surface area (Å²) in [6.07, 6.45) is -1.11. The van der Waals surface area contributed by atoms with Crippen molar-refractivity contribution in [1.82, 2.24) is 0 Å². The van der Waals surface area contributed by atoms with Crippen LogP contribution in [-0.2, 0) is 9.53 Å². The van der Waals surface area contributed by atoms with Crippen LogP contribution in [-0.4, -0.2) is 22.9 Å². The number of nitrogens with one attached hydrogen (secondary N) is 1. The number of hydrogen-bond donors (Lipinski definition) is 1. The SMILES string of the molecule is CC(OC(=O)c1cccc(I)c1)C(=O)Nc1cc([N+](=O)[O-])ccc1Cl. The van der Waals surface area contributed by atoms with E-state index in [1.165, 1.54) is 19.1 Å². The van der Waals surface area contributed by atoms with Gasteiger partial charge in [0.05, 0.1) is 21.2 Å². The van der Waals surface area contributed by atoms with Crippen LogP contribution in [0.1, 0.15) is 17.3 Å². The predicted molar refractivity (Wildman–Crippen MR) is 101 cm³/mol. The number of anilines is 1. The molecule has 1 atom stereocenters. The number of hydrogen-bond acceptors (Lipinski definition) is 5. The third-order valence-electron chi connectivity index (χ3n) is 3.13. The van der Waals surface area contributed by atoms with Gasteiger partial charge in [-0.15, -0.1) is 0 Å². The summed E-state index contributed by atoms with van der Waals surface area (Å²) in [4.78, 5) is 34.4. The Hall–Kier alpha value is -2.20. The molecular weight excluding hydrogens is 463 g/mol. The maximum Gasteiger partial charge on any atom is 0.338 e. The summed E-state index contributed by atoms with van der Waals surface area (Å²) in [6.45, 7) is 1.40. The first-order valence-electron chi connectivity index (χ1n) is 6.99. The number of esters is 1. The van der Waals surface area contributed by atoms with Crippen LogP contribution in [0.25, 0.3) is 0 Å². The highest BCUT2D eigenvalue weighted by Crippen LogP contribution is 2.27. The summed E-state index contributed by atoms with van der Waals surface area (Å²) in [5, 5.41) is 13.3. The van der Waals surface area contributed by atoms with Crippen LogP contribution in [0.4, 0.5) is 11.4 Å². The molecular formula is C16H12ClIN2O5. The Kier molecular flexibility index (Phi) is 6.32. The van der Waals surface area contributed by atoms with Crippen molar-refractivity contribution in [3.63, 3.8) is 0 Å². The van der Waals surface area contributed by atoms with E-state index in [0.29, 0.717) is 5.56 Å². The Balaban J connectivity index is 2.07. The average molecular weight is 475 g/mol. The first-order chi connectivity index (χ1) is 11.8. The number of carbonyl (C=O) groups excluding carboxylic acids is 2. The molecule has 1 N–H and O–H groups in total. The summed E-state index contributed by atoms with van der Waals surface area (Å²) in [7, 11) is 0. The molecule has 2 rings (SSSR count). The Labute approximate surface area is 161 Å². The number of nitrogens with zero attached hydrogens (tertiary/aromatic N) is 1. The van der Waals surface area contributed by atoms with Gasteiger partial charge in [-0.25, -0.2) is 4.79 Å². The van der Waals surface area contributed by atoms with Crippen molar-refractivity contribution in [3.8, 4) is 0 Å². The second kappa shape index (κ2) is 8.26. The molecule has 130 valence electrons. The van der Waals surface area contributed by atoms with E-state index >= 15 is 0 Å². The summed E-state index contributed by atoms with van der Waals surface area (Å²) in [5.41, 5.74) is 0.168. The van der Waals surface area contributed by atoms with Gasteiger partial charge in [0, 0.05) is 15.7 Å². The number of rotatable bonds is 5. The highest BCUT2D eigenvalue weighted by atomic mass is 127. The van der Waals surface area contributed by atoms with E-state index in [9.17, 15) is 19.7 Å². The fourth-order valence-corrected chi connectivity index (χ4v) is 2.56. The van der Waals surface area contributed by atoms with Crippen molar-refractivity contribution in [1.29, 1.82) is 0 Å². The van der Waals surface area contributed by atoms with E-state index in [1.807, 2.05) is 6.07 Å². The minimum Gasteiger partial charge on any atom is -0.449 e. The molecule has 0 radical (unpaired) electrons. The number of benzene rings is 2. The zero-order chi connectivity index (χ0) is 18.6. The second-order valence-corrected chi connectivity index (χ2v) is 6.62. The van der Waals surface area contributed by atoms with Crippen LogP contribution in [0.5, 0.6) is 0 Å². The number of nitro benzene ring substituents is 1. The van der Waals surface area contributed by atoms with Gasteiger partial charge in [0.25, 0.3) is 11.6 Å². The van der Waals surface area contributed by atoms with Crippen molar-refractivity contribution in [3.05, 3.63) is 66.7 Å². The van der Waals surface area contributed by atoms with Gasteiger partial charge in [0.15, 0.2) is 6.10 Å². The molecule has 0 saturated carbocycles. The Morgan fingerprint density at radius 3 is 2.64 bits per heavy atom. The number of nitro groups is 1. The first-order valence-corrected chi connectivity index (χ1v) is 8.45. The molecule has 25 heavy (non-hydrogen) atoms. The van der Waals surface area contributed by atoms with Crippen LogP contribution in [0.2, 0.25) is 5.02 Å². The van der Waals surface area contributed by atoms with Crippen molar-refractivity contribution in [2.45, 2.75) is 13.0 Å². The van der Waals surface area contributed by atoms with Crippen LogP contribution in [0.3, 0.4) is 0 Å². The largest absolute Gasteiger partial charge is 0.449 e. The molecule has 0 aliphatic heterocycles. The number of halogens is 2. The first kappa shape index (κ1) is 19.1. The molecule has 0 aliphatic carbocycles. The molecule has 0 fully saturated rings. The molecule has 0 bridgehead atoms. The molecule has 0 saturated heterocycles. The van der Waals surface area contributed by atoms with Crippen molar-refractivity contribution < 1.29 is 19.2 Å². The molecule has 7 nitrogen and oxygen atoms in total. The van der Waals surface area contributed by atoms with Crippen molar-refractivity contribution >= 4 is 57.4 Å². The molecule has 1 unspecified atom stereocenters. The molecule has 0 aromatic heterocycles. The Morgan fingerprint density at radius 1 is 1.28 bits per heavy atom. The van der Waals surface area contributed by atoms with Crippen LogP contribution in [0.15, 0.2) is 42.5 Å². The normalized spacial score (nSPS) is 11.5. The van der Waals surface area contributed by atoms with E-state index < -0.39 is 22.9 Å². The lowest BCUT2D eigenvalue weighted by atomic mass is 10.2. The van der Waals surface area contributed by atoms with Crippen LogP contribution in [0, 0.1) is 13.7 Å². The zero-order valence-electron chi connectivity index (χ0n) is 12.9. The number of carbonyl (C=O) groups is 2. The highest BCUT2D eigenvalue weighted by molar-refractivity contribution is 14.1. The summed E-state index contributed by atoms with van der Waals surface area (Å²) < 4.78 is 5.97. The summed E-state index contributed by atoms with van der Waals surface area (Å²) >= 11 is 7.98. The predicted octanol–water partition coefficient (Wildman–Crippen LogP) is 4.04. The smallest absolute Gasteiger partial charge is 0.338 e. The number of ether oxygens (including phenoxy) is 1. The standard InChI is InChI=1S/C16H12ClIN2O5/c1-9(25-16(22)10-3-2-4-11(18)7-10)15(21)19-14-8-12(20(23)24)5-6-13(14)17/h2-9H,1H3,(H,19,21). The van der Waals surface area contributed by atoms with Gasteiger partial charge in [0.1, 0.15) is 0 Å². The minimum absolute atomic E-state index is 0.0676. The average Bonchev–Trinajstić information content (AvgIpc) is 2.56. The van der Waals surface area contributed by atoms with Crippen LogP contribution >= 0.6 is 34.2 Å². The molecule has 9 heteroatoms. The minimum atomic E-state index is -1.11. The molecule has 1 amide bonds. The van der Waals surface area contributed by atoms with Crippen molar-refractivity contribution in [2.24, 2.45) is 0 Å². The van der Waals surface area contributed by atoms with Gasteiger partial charge in [-0.1, -0.05) is 17.7 Å². The quantitative estimate of drug-likeness (QED) is 0.305. The maximum atomic E-state index is 12.2. The molecule has 2 aromatic carbocycles. The van der Waals surface area contributed by atoms with E-state index in [0.717, 1.165) is 9.64 Å². The van der Waals surface area contributed by atoms with E-state index in [1.54, 1.807) is 18.2 Å². The van der Waals surface area contributed by atoms with Gasteiger partial charge in [0.2, 0.25) is 0 Å². The second-order valence-electron chi connectivity index (χ2n) is 4.97. The van der Waals surface area contributed by atoms with Gasteiger partial charge in [-0.3, -0.25) is 14.9 Å². The maximum absolute atomic E-state index is 12.2. The molecule has 0 heterocycles. The topological polar surface area (TPSA) is 98.5 Å². The fourth-order valence-electron chi connectivity index (χ4n) is 1.85. The third kappa shape index (κ3) is 5.13. The Bertz CT molecular complexity index is 843.